The number of benzene rings is 2. The van der Waals surface area contributed by atoms with Crippen LogP contribution in [0.25, 0.3) is 22.5 Å². The van der Waals surface area contributed by atoms with E-state index in [1.54, 1.807) is 0 Å². The molecule has 0 aliphatic carbocycles. The Kier molecular flexibility index (Phi) is 7.03. The highest BCUT2D eigenvalue weighted by Crippen LogP contribution is 2.32. The first-order chi connectivity index (χ1) is 18.0. The summed E-state index contributed by atoms with van der Waals surface area (Å²) in [7, 11) is 0. The molecule has 192 valence electrons. The number of carboxylic acid groups (broad SMARTS) is 1. The van der Waals surface area contributed by atoms with Crippen molar-refractivity contribution in [2.24, 2.45) is 0 Å². The van der Waals surface area contributed by atoms with Gasteiger partial charge in [0.05, 0.1) is 0 Å². The van der Waals surface area contributed by atoms with Crippen molar-refractivity contribution in [1.29, 1.82) is 0 Å². The zero-order chi connectivity index (χ0) is 25.9. The summed E-state index contributed by atoms with van der Waals surface area (Å²) in [5, 5.41) is 24.3. The summed E-state index contributed by atoms with van der Waals surface area (Å²) >= 11 is 0. The van der Waals surface area contributed by atoms with Crippen LogP contribution in [0, 0.1) is 0 Å². The fourth-order valence-corrected chi connectivity index (χ4v) is 5.47. The van der Waals surface area contributed by atoms with Gasteiger partial charge in [-0.05, 0) is 54.5 Å². The van der Waals surface area contributed by atoms with Crippen LogP contribution in [0.3, 0.4) is 0 Å². The number of unbranched alkanes of at least 4 members (excludes halogenated alkanes) is 2. The molecule has 37 heavy (non-hydrogen) atoms. The molecule has 0 saturated carbocycles. The lowest BCUT2D eigenvalue weighted by molar-refractivity contribution is -0.142. The number of hydrogen-bond donors (Lipinski definition) is 2. The number of hydrogen-bond acceptors (Lipinski definition) is 5. The van der Waals surface area contributed by atoms with E-state index in [4.69, 9.17) is 0 Å². The van der Waals surface area contributed by atoms with E-state index in [-0.39, 0.29) is 11.6 Å². The molecule has 0 saturated heterocycles. The van der Waals surface area contributed by atoms with E-state index in [1.165, 1.54) is 4.68 Å². The molecule has 5 rings (SSSR count). The summed E-state index contributed by atoms with van der Waals surface area (Å²) in [6.07, 6.45) is 5.60. The fourth-order valence-electron chi connectivity index (χ4n) is 5.47. The first kappa shape index (κ1) is 24.7. The lowest BCUT2D eigenvalue weighted by Crippen LogP contribution is -2.38. The highest BCUT2D eigenvalue weighted by molar-refractivity contribution is 5.80. The SMILES string of the molecule is CCCCCc1c(Cc2ccc(-c3ccccc3-c3nn[nH]n3)cc2)c(=O)n2n1C(C)CCC2C(=O)O. The Hall–Kier alpha value is -4.01. The number of carboxylic acids is 1. The van der Waals surface area contributed by atoms with Gasteiger partial charge in [-0.15, -0.1) is 10.2 Å². The summed E-state index contributed by atoms with van der Waals surface area (Å²) in [6.45, 7) is 4.24. The fraction of sp³-hybridized carbons (Fsp3) is 0.393. The number of fused-ring (bicyclic) bond motifs is 1. The van der Waals surface area contributed by atoms with Crippen LogP contribution < -0.4 is 5.56 Å². The second-order valence-corrected chi connectivity index (χ2v) is 9.81. The van der Waals surface area contributed by atoms with Gasteiger partial charge in [0, 0.05) is 29.3 Å². The number of aromatic nitrogens is 6. The zero-order valence-electron chi connectivity index (χ0n) is 21.2. The molecule has 2 N–H and O–H groups in total. The number of nitrogens with one attached hydrogen (secondary N) is 1. The molecule has 9 heteroatoms. The molecule has 0 radical (unpaired) electrons. The minimum Gasteiger partial charge on any atom is -0.480 e. The maximum absolute atomic E-state index is 13.7. The number of H-pyrrole nitrogens is 1. The van der Waals surface area contributed by atoms with Gasteiger partial charge < -0.3 is 5.11 Å². The van der Waals surface area contributed by atoms with E-state index in [9.17, 15) is 14.7 Å². The molecule has 2 aromatic carbocycles. The Morgan fingerprint density at radius 1 is 1.05 bits per heavy atom. The Morgan fingerprint density at radius 3 is 2.49 bits per heavy atom. The van der Waals surface area contributed by atoms with Gasteiger partial charge in [0.25, 0.3) is 5.56 Å². The lowest BCUT2D eigenvalue weighted by atomic mass is 9.96. The molecule has 1 aliphatic heterocycles. The van der Waals surface area contributed by atoms with E-state index >= 15 is 0 Å². The van der Waals surface area contributed by atoms with Crippen LogP contribution in [0.4, 0.5) is 0 Å². The van der Waals surface area contributed by atoms with Crippen LogP contribution in [0.2, 0.25) is 0 Å². The molecule has 0 fully saturated rings. The van der Waals surface area contributed by atoms with Crippen molar-refractivity contribution < 1.29 is 9.90 Å². The topological polar surface area (TPSA) is 119 Å². The average molecular weight is 501 g/mol. The van der Waals surface area contributed by atoms with Crippen molar-refractivity contribution in [1.82, 2.24) is 30.0 Å². The molecule has 2 unspecified atom stereocenters. The second-order valence-electron chi connectivity index (χ2n) is 9.81. The van der Waals surface area contributed by atoms with Crippen LogP contribution >= 0.6 is 0 Å². The molecule has 3 heterocycles. The van der Waals surface area contributed by atoms with E-state index < -0.39 is 12.0 Å². The lowest BCUT2D eigenvalue weighted by Gasteiger charge is -2.30. The summed E-state index contributed by atoms with van der Waals surface area (Å²) in [5.74, 6) is -0.407. The smallest absolute Gasteiger partial charge is 0.328 e. The molecule has 0 spiro atoms. The molecular weight excluding hydrogens is 468 g/mol. The van der Waals surface area contributed by atoms with Crippen LogP contribution in [0.1, 0.15) is 74.9 Å². The number of aromatic amines is 1. The van der Waals surface area contributed by atoms with Gasteiger partial charge in [0.2, 0.25) is 5.82 Å². The third-order valence-corrected chi connectivity index (χ3v) is 7.36. The third-order valence-electron chi connectivity index (χ3n) is 7.36. The molecule has 9 nitrogen and oxygen atoms in total. The zero-order valence-corrected chi connectivity index (χ0v) is 21.2. The molecule has 0 bridgehead atoms. The summed E-state index contributed by atoms with van der Waals surface area (Å²) in [4.78, 5) is 25.7. The van der Waals surface area contributed by atoms with Crippen LogP contribution in [-0.4, -0.2) is 41.1 Å². The van der Waals surface area contributed by atoms with Crippen molar-refractivity contribution >= 4 is 5.97 Å². The Balaban J connectivity index is 1.50. The van der Waals surface area contributed by atoms with Crippen LogP contribution in [0.15, 0.2) is 53.3 Å². The van der Waals surface area contributed by atoms with Gasteiger partial charge in [0.15, 0.2) is 6.04 Å². The largest absolute Gasteiger partial charge is 0.480 e. The molecule has 1 aliphatic rings. The first-order valence-corrected chi connectivity index (χ1v) is 13.0. The Bertz CT molecular complexity index is 1440. The highest BCUT2D eigenvalue weighted by atomic mass is 16.4. The molecule has 4 aromatic rings. The van der Waals surface area contributed by atoms with E-state index in [1.807, 2.05) is 53.2 Å². The van der Waals surface area contributed by atoms with Gasteiger partial charge in [-0.1, -0.05) is 68.3 Å². The summed E-state index contributed by atoms with van der Waals surface area (Å²) < 4.78 is 3.51. The minimum absolute atomic E-state index is 0.0951. The molecule has 0 amide bonds. The Labute approximate surface area is 215 Å². The molecular formula is C28H32N6O3. The minimum atomic E-state index is -0.941. The quantitative estimate of drug-likeness (QED) is 0.319. The van der Waals surface area contributed by atoms with Crippen molar-refractivity contribution in [3.8, 4) is 22.5 Å². The van der Waals surface area contributed by atoms with E-state index in [2.05, 4.69) is 34.5 Å². The van der Waals surface area contributed by atoms with Crippen molar-refractivity contribution in [3.05, 3.63) is 75.7 Å². The Morgan fingerprint density at radius 2 is 1.81 bits per heavy atom. The monoisotopic (exact) mass is 500 g/mol. The van der Waals surface area contributed by atoms with Gasteiger partial charge in [-0.25, -0.2) is 9.48 Å². The van der Waals surface area contributed by atoms with Crippen LogP contribution in [-0.2, 0) is 17.6 Å². The van der Waals surface area contributed by atoms with E-state index in [0.717, 1.165) is 65.6 Å². The number of rotatable bonds is 9. The predicted molar refractivity (Wildman–Crippen MR) is 140 cm³/mol. The predicted octanol–water partition coefficient (Wildman–Crippen LogP) is 4.80. The van der Waals surface area contributed by atoms with Crippen molar-refractivity contribution in [3.63, 3.8) is 0 Å². The van der Waals surface area contributed by atoms with Gasteiger partial charge in [-0.2, -0.15) is 5.21 Å². The highest BCUT2D eigenvalue weighted by Gasteiger charge is 2.34. The molecule has 2 aromatic heterocycles. The maximum atomic E-state index is 13.7. The summed E-state index contributed by atoms with van der Waals surface area (Å²) in [6, 6.07) is 15.3. The number of aliphatic carboxylic acids is 1. The van der Waals surface area contributed by atoms with Crippen molar-refractivity contribution in [2.75, 3.05) is 0 Å². The average Bonchev–Trinajstić information content (AvgIpc) is 3.53. The maximum Gasteiger partial charge on any atom is 0.328 e. The van der Waals surface area contributed by atoms with Crippen LogP contribution in [0.5, 0.6) is 0 Å². The summed E-state index contributed by atoms with van der Waals surface area (Å²) in [5.41, 5.74) is 5.44. The van der Waals surface area contributed by atoms with Gasteiger partial charge >= 0.3 is 5.97 Å². The van der Waals surface area contributed by atoms with Crippen molar-refractivity contribution in [2.45, 2.75) is 70.9 Å². The standard InChI is InChI=1S/C28H32N6O3/c1-3-4-5-10-24-23(27(35)34-25(28(36)37)16-11-18(2)33(24)34)17-19-12-14-20(15-13-19)21-8-6-7-9-22(21)26-29-31-32-30-26/h6-9,12-15,18,25H,3-5,10-11,16-17H2,1-2H3,(H,36,37)(H,29,30,31,32). The number of nitrogens with zero attached hydrogens (tertiary/aromatic N) is 5. The third kappa shape index (κ3) is 4.73. The normalized spacial score (nSPS) is 17.0. The number of tetrazole rings is 1. The molecule has 2 atom stereocenters. The van der Waals surface area contributed by atoms with Gasteiger partial charge in [-0.3, -0.25) is 9.48 Å². The van der Waals surface area contributed by atoms with Gasteiger partial charge in [0.1, 0.15) is 0 Å². The first-order valence-electron chi connectivity index (χ1n) is 13.0. The second kappa shape index (κ2) is 10.5. The van der Waals surface area contributed by atoms with E-state index in [0.29, 0.717) is 18.7 Å². The number of carbonyl (C=O) groups is 1.